The van der Waals surface area contributed by atoms with Gasteiger partial charge in [-0.1, -0.05) is 30.4 Å². The van der Waals surface area contributed by atoms with E-state index in [1.165, 1.54) is 15.3 Å². The molecule has 24 heavy (non-hydrogen) atoms. The fourth-order valence-electron chi connectivity index (χ4n) is 2.96. The lowest BCUT2D eigenvalue weighted by Gasteiger charge is -2.04. The molecule has 0 radical (unpaired) electrons. The van der Waals surface area contributed by atoms with Crippen LogP contribution in [0, 0.1) is 0 Å². The molecule has 1 aliphatic rings. The lowest BCUT2D eigenvalue weighted by molar-refractivity contribution is 0.871. The van der Waals surface area contributed by atoms with E-state index in [-0.39, 0.29) is 5.56 Å². The van der Waals surface area contributed by atoms with Crippen molar-refractivity contribution in [3.05, 3.63) is 80.6 Å². The van der Waals surface area contributed by atoms with Crippen molar-refractivity contribution in [1.29, 1.82) is 0 Å². The zero-order valence-corrected chi connectivity index (χ0v) is 14.1. The van der Waals surface area contributed by atoms with Crippen LogP contribution >= 0.6 is 11.3 Å². The summed E-state index contributed by atoms with van der Waals surface area (Å²) >= 11 is 1.83. The number of hydrogen-bond donors (Lipinski definition) is 1. The number of thiophene rings is 1. The molecule has 1 N–H and O–H groups in total. The van der Waals surface area contributed by atoms with E-state index in [0.29, 0.717) is 5.39 Å². The number of allylic oxidation sites excluding steroid dienone is 4. The Kier molecular flexibility index (Phi) is 4.13. The molecule has 0 amide bonds. The van der Waals surface area contributed by atoms with Crippen LogP contribution in [0.1, 0.15) is 28.4 Å². The molecule has 3 aromatic rings. The third-order valence-electron chi connectivity index (χ3n) is 4.21. The number of fused-ring (bicyclic) bond motifs is 1. The zero-order chi connectivity index (χ0) is 16.4. The van der Waals surface area contributed by atoms with E-state index >= 15 is 0 Å². The third-order valence-corrected chi connectivity index (χ3v) is 5.41. The van der Waals surface area contributed by atoms with Gasteiger partial charge in [0.25, 0.3) is 5.56 Å². The van der Waals surface area contributed by atoms with Crippen molar-refractivity contribution in [2.75, 3.05) is 0 Å². The van der Waals surface area contributed by atoms with E-state index in [4.69, 9.17) is 0 Å². The summed E-state index contributed by atoms with van der Waals surface area (Å²) in [6.45, 7) is 0. The molecule has 0 unspecified atom stereocenters. The fraction of sp³-hybridized carbons (Fsp3) is 0.200. The lowest BCUT2D eigenvalue weighted by atomic mass is 10.1. The third kappa shape index (κ3) is 3.10. The Labute approximate surface area is 144 Å². The summed E-state index contributed by atoms with van der Waals surface area (Å²) in [5.74, 6) is 0.755. The molecular formula is C20H18N2OS. The molecule has 0 atom stereocenters. The Balaban J connectivity index is 1.51. The number of para-hydroxylation sites is 1. The van der Waals surface area contributed by atoms with Crippen LogP contribution in [-0.4, -0.2) is 9.97 Å². The van der Waals surface area contributed by atoms with Crippen LogP contribution in [0.5, 0.6) is 0 Å². The predicted molar refractivity (Wildman–Crippen MR) is 100 cm³/mol. The quantitative estimate of drug-likeness (QED) is 0.763. The first kappa shape index (κ1) is 15.1. The molecule has 0 fully saturated rings. The highest BCUT2D eigenvalue weighted by Crippen LogP contribution is 2.28. The van der Waals surface area contributed by atoms with Crippen LogP contribution in [0.25, 0.3) is 16.5 Å². The summed E-state index contributed by atoms with van der Waals surface area (Å²) in [6, 6.07) is 11.8. The Morgan fingerprint density at radius 3 is 2.88 bits per heavy atom. The van der Waals surface area contributed by atoms with E-state index in [2.05, 4.69) is 40.3 Å². The molecule has 3 nitrogen and oxygen atoms in total. The highest BCUT2D eigenvalue weighted by atomic mass is 32.1. The topological polar surface area (TPSA) is 45.8 Å². The van der Waals surface area contributed by atoms with Crippen LogP contribution in [-0.2, 0) is 12.8 Å². The van der Waals surface area contributed by atoms with Gasteiger partial charge in [-0.05, 0) is 49.1 Å². The summed E-state index contributed by atoms with van der Waals surface area (Å²) in [6.07, 6.45) is 10.7. The van der Waals surface area contributed by atoms with Crippen molar-refractivity contribution >= 4 is 27.8 Å². The van der Waals surface area contributed by atoms with Crippen molar-refractivity contribution in [3.63, 3.8) is 0 Å². The van der Waals surface area contributed by atoms with Gasteiger partial charge in [0.2, 0.25) is 0 Å². The summed E-state index contributed by atoms with van der Waals surface area (Å²) in [7, 11) is 0. The van der Waals surface area contributed by atoms with E-state index in [9.17, 15) is 4.79 Å². The monoisotopic (exact) mass is 334 g/mol. The van der Waals surface area contributed by atoms with Gasteiger partial charge in [0.1, 0.15) is 5.82 Å². The SMILES string of the molecule is O=c1[nH]c(CCc2ccc(C3=CCCC=C3)s2)nc2ccccc12. The number of hydrogen-bond acceptors (Lipinski definition) is 3. The van der Waals surface area contributed by atoms with E-state index in [1.807, 2.05) is 35.6 Å². The number of aryl methyl sites for hydroxylation is 2. The Hall–Kier alpha value is -2.46. The van der Waals surface area contributed by atoms with Crippen molar-refractivity contribution in [2.24, 2.45) is 0 Å². The second kappa shape index (κ2) is 6.57. The highest BCUT2D eigenvalue weighted by Gasteiger charge is 2.07. The number of benzene rings is 1. The average molecular weight is 334 g/mol. The molecule has 2 aromatic heterocycles. The predicted octanol–water partition coefficient (Wildman–Crippen LogP) is 4.50. The highest BCUT2D eigenvalue weighted by molar-refractivity contribution is 7.13. The Morgan fingerprint density at radius 2 is 2.00 bits per heavy atom. The summed E-state index contributed by atoms with van der Waals surface area (Å²) in [5.41, 5.74) is 2.04. The van der Waals surface area contributed by atoms with Gasteiger partial charge < -0.3 is 4.98 Å². The van der Waals surface area contributed by atoms with Crippen molar-refractivity contribution in [1.82, 2.24) is 9.97 Å². The number of H-pyrrole nitrogens is 1. The Morgan fingerprint density at radius 1 is 1.08 bits per heavy atom. The maximum atomic E-state index is 12.1. The molecule has 1 aromatic carbocycles. The van der Waals surface area contributed by atoms with Crippen molar-refractivity contribution < 1.29 is 0 Å². The molecule has 4 rings (SSSR count). The maximum Gasteiger partial charge on any atom is 0.258 e. The molecule has 2 heterocycles. The number of aromatic nitrogens is 2. The van der Waals surface area contributed by atoms with E-state index < -0.39 is 0 Å². The van der Waals surface area contributed by atoms with Crippen molar-refractivity contribution in [2.45, 2.75) is 25.7 Å². The fourth-order valence-corrected chi connectivity index (χ4v) is 3.99. The first-order valence-corrected chi connectivity index (χ1v) is 9.05. The standard InChI is InChI=1S/C20H18N2OS/c23-20-16-8-4-5-9-17(16)21-19(22-20)13-11-15-10-12-18(24-15)14-6-2-1-3-7-14/h2,4-10,12H,1,3,11,13H2,(H,21,22,23). The zero-order valence-electron chi connectivity index (χ0n) is 13.3. The van der Waals surface area contributed by atoms with Gasteiger partial charge in [0.15, 0.2) is 0 Å². The van der Waals surface area contributed by atoms with E-state index in [0.717, 1.165) is 37.0 Å². The van der Waals surface area contributed by atoms with Gasteiger partial charge in [0, 0.05) is 16.2 Å². The normalized spacial score (nSPS) is 14.1. The first-order chi connectivity index (χ1) is 11.8. The maximum absolute atomic E-state index is 12.1. The molecule has 0 saturated carbocycles. The van der Waals surface area contributed by atoms with Crippen LogP contribution < -0.4 is 5.56 Å². The molecule has 1 aliphatic carbocycles. The molecule has 0 aliphatic heterocycles. The molecule has 0 spiro atoms. The lowest BCUT2D eigenvalue weighted by Crippen LogP contribution is -2.12. The average Bonchev–Trinajstić information content (AvgIpc) is 3.10. The smallest absolute Gasteiger partial charge is 0.258 e. The molecule has 0 bridgehead atoms. The van der Waals surface area contributed by atoms with Crippen molar-refractivity contribution in [3.8, 4) is 0 Å². The summed E-state index contributed by atoms with van der Waals surface area (Å²) < 4.78 is 0. The number of rotatable bonds is 4. The van der Waals surface area contributed by atoms with Gasteiger partial charge in [-0.3, -0.25) is 4.79 Å². The molecular weight excluding hydrogens is 316 g/mol. The van der Waals surface area contributed by atoms with Gasteiger partial charge in [-0.25, -0.2) is 4.98 Å². The van der Waals surface area contributed by atoms with Crippen LogP contribution in [0.15, 0.2) is 59.4 Å². The molecule has 4 heteroatoms. The summed E-state index contributed by atoms with van der Waals surface area (Å²) in [4.78, 5) is 22.2. The van der Waals surface area contributed by atoms with Gasteiger partial charge in [-0.15, -0.1) is 11.3 Å². The number of nitrogens with zero attached hydrogens (tertiary/aromatic N) is 1. The minimum atomic E-state index is -0.0556. The Bertz CT molecular complexity index is 994. The number of aromatic amines is 1. The van der Waals surface area contributed by atoms with Gasteiger partial charge >= 0.3 is 0 Å². The second-order valence-electron chi connectivity index (χ2n) is 5.93. The minimum Gasteiger partial charge on any atom is -0.310 e. The number of nitrogens with one attached hydrogen (secondary N) is 1. The van der Waals surface area contributed by atoms with Crippen LogP contribution in [0.3, 0.4) is 0 Å². The van der Waals surface area contributed by atoms with Crippen LogP contribution in [0.2, 0.25) is 0 Å². The van der Waals surface area contributed by atoms with E-state index in [1.54, 1.807) is 0 Å². The van der Waals surface area contributed by atoms with Gasteiger partial charge in [0.05, 0.1) is 10.9 Å². The van der Waals surface area contributed by atoms with Gasteiger partial charge in [-0.2, -0.15) is 0 Å². The second-order valence-corrected chi connectivity index (χ2v) is 7.10. The summed E-state index contributed by atoms with van der Waals surface area (Å²) in [5, 5.41) is 0.649. The molecule has 120 valence electrons. The van der Waals surface area contributed by atoms with Crippen LogP contribution in [0.4, 0.5) is 0 Å². The minimum absolute atomic E-state index is 0.0556. The first-order valence-electron chi connectivity index (χ1n) is 8.23. The largest absolute Gasteiger partial charge is 0.310 e. The molecule has 0 saturated heterocycles.